The zero-order chi connectivity index (χ0) is 14.8. The summed E-state index contributed by atoms with van der Waals surface area (Å²) < 4.78 is 31.4. The summed E-state index contributed by atoms with van der Waals surface area (Å²) in [6.45, 7) is 3.51. The fourth-order valence-corrected chi connectivity index (χ4v) is 3.43. The highest BCUT2D eigenvalue weighted by Crippen LogP contribution is 2.21. The second kappa shape index (κ2) is 5.59. The number of hydrogen-bond acceptors (Lipinski definition) is 7. The molecule has 0 fully saturated rings. The number of aromatic nitrogens is 3. The van der Waals surface area contributed by atoms with Gasteiger partial charge < -0.3 is 4.74 Å². The molecule has 2 aromatic heterocycles. The lowest BCUT2D eigenvalue weighted by atomic mass is 10.4. The molecule has 8 nitrogen and oxygen atoms in total. The number of nitrogens with one attached hydrogen (secondary N) is 2. The molecule has 2 rings (SSSR count). The Bertz CT molecular complexity index is 719. The van der Waals surface area contributed by atoms with Crippen molar-refractivity contribution >= 4 is 32.5 Å². The molecule has 0 radical (unpaired) electrons. The molecule has 2 heterocycles. The Morgan fingerprint density at radius 1 is 1.55 bits per heavy atom. The lowest BCUT2D eigenvalue weighted by Crippen LogP contribution is -2.17. The largest absolute Gasteiger partial charge is 0.462 e. The third kappa shape index (κ3) is 2.96. The predicted molar refractivity (Wildman–Crippen MR) is 72.2 cm³/mol. The van der Waals surface area contributed by atoms with Crippen LogP contribution in [0.3, 0.4) is 0 Å². The van der Waals surface area contributed by atoms with E-state index in [9.17, 15) is 13.2 Å². The van der Waals surface area contributed by atoms with Crippen molar-refractivity contribution in [2.24, 2.45) is 0 Å². The standard InChI is InChI=1S/C10H12N4O4S2/c1-3-18-9(15)7-4-11-13-8(7)20(16,17)14-10-12-6(2)5-19-10/h4-5H,3H2,1-2H3,(H,11,13)(H,12,14). The van der Waals surface area contributed by atoms with Gasteiger partial charge >= 0.3 is 5.97 Å². The van der Waals surface area contributed by atoms with Crippen LogP contribution in [0.5, 0.6) is 0 Å². The van der Waals surface area contributed by atoms with Crippen LogP contribution in [0.2, 0.25) is 0 Å². The monoisotopic (exact) mass is 316 g/mol. The minimum Gasteiger partial charge on any atom is -0.462 e. The van der Waals surface area contributed by atoms with Crippen molar-refractivity contribution in [1.29, 1.82) is 0 Å². The smallest absolute Gasteiger partial charge is 0.342 e. The zero-order valence-electron chi connectivity index (χ0n) is 10.7. The average molecular weight is 316 g/mol. The number of aromatic amines is 1. The Labute approximate surface area is 119 Å². The maximum Gasteiger partial charge on any atom is 0.342 e. The molecular formula is C10H12N4O4S2. The molecule has 10 heteroatoms. The van der Waals surface area contributed by atoms with Crippen LogP contribution >= 0.6 is 11.3 Å². The summed E-state index contributed by atoms with van der Waals surface area (Å²) in [5.41, 5.74) is 0.551. The Kier molecular flexibility index (Phi) is 4.04. The van der Waals surface area contributed by atoms with Crippen LogP contribution < -0.4 is 4.72 Å². The van der Waals surface area contributed by atoms with E-state index in [1.165, 1.54) is 0 Å². The van der Waals surface area contributed by atoms with Gasteiger partial charge in [0.1, 0.15) is 5.56 Å². The number of H-pyrrole nitrogens is 1. The molecule has 0 spiro atoms. The fourth-order valence-electron chi connectivity index (χ4n) is 1.40. The summed E-state index contributed by atoms with van der Waals surface area (Å²) in [4.78, 5) is 15.6. The van der Waals surface area contributed by atoms with Crippen LogP contribution in [-0.4, -0.2) is 36.2 Å². The Morgan fingerprint density at radius 3 is 2.90 bits per heavy atom. The Balaban J connectivity index is 2.30. The third-order valence-electron chi connectivity index (χ3n) is 2.21. The van der Waals surface area contributed by atoms with E-state index in [0.717, 1.165) is 17.5 Å². The normalized spacial score (nSPS) is 11.3. The van der Waals surface area contributed by atoms with E-state index in [4.69, 9.17) is 4.74 Å². The summed E-state index contributed by atoms with van der Waals surface area (Å²) in [5.74, 6) is -0.753. The minimum atomic E-state index is -3.97. The predicted octanol–water partition coefficient (Wildman–Crippen LogP) is 1.15. The minimum absolute atomic E-state index is 0.141. The molecule has 0 aliphatic carbocycles. The number of esters is 1. The average Bonchev–Trinajstić information content (AvgIpc) is 2.98. The first kappa shape index (κ1) is 14.5. The van der Waals surface area contributed by atoms with E-state index in [1.54, 1.807) is 19.2 Å². The summed E-state index contributed by atoms with van der Waals surface area (Å²) >= 11 is 1.15. The molecule has 0 aliphatic rings. The quantitative estimate of drug-likeness (QED) is 0.800. The highest BCUT2D eigenvalue weighted by Gasteiger charge is 2.26. The van der Waals surface area contributed by atoms with Gasteiger partial charge in [0.2, 0.25) is 0 Å². The van der Waals surface area contributed by atoms with Crippen molar-refractivity contribution in [2.45, 2.75) is 18.9 Å². The molecule has 0 atom stereocenters. The number of carbonyl (C=O) groups excluding carboxylic acids is 1. The third-order valence-corrected chi connectivity index (χ3v) is 4.52. The Hall–Kier alpha value is -1.94. The second-order valence-corrected chi connectivity index (χ2v) is 6.21. The van der Waals surface area contributed by atoms with Gasteiger partial charge in [-0.15, -0.1) is 11.3 Å². The van der Waals surface area contributed by atoms with Crippen LogP contribution in [0, 0.1) is 6.92 Å². The highest BCUT2D eigenvalue weighted by molar-refractivity contribution is 7.92. The molecule has 2 aromatic rings. The van der Waals surface area contributed by atoms with Gasteiger partial charge in [-0.05, 0) is 13.8 Å². The first-order chi connectivity index (χ1) is 9.44. The molecule has 0 aliphatic heterocycles. The molecule has 0 unspecified atom stereocenters. The molecule has 0 amide bonds. The number of carbonyl (C=O) groups is 1. The molecule has 2 N–H and O–H groups in total. The summed E-state index contributed by atoms with van der Waals surface area (Å²) in [7, 11) is -3.97. The number of sulfonamides is 1. The molecule has 108 valence electrons. The van der Waals surface area contributed by atoms with Crippen LogP contribution in [0.15, 0.2) is 16.6 Å². The van der Waals surface area contributed by atoms with Crippen molar-refractivity contribution in [2.75, 3.05) is 11.3 Å². The fraction of sp³-hybridized carbons (Fsp3) is 0.300. The SMILES string of the molecule is CCOC(=O)c1cn[nH]c1S(=O)(=O)Nc1nc(C)cs1. The van der Waals surface area contributed by atoms with E-state index in [1.807, 2.05) is 0 Å². The molecular weight excluding hydrogens is 304 g/mol. The van der Waals surface area contributed by atoms with E-state index in [2.05, 4.69) is 19.9 Å². The van der Waals surface area contributed by atoms with Crippen LogP contribution in [0.1, 0.15) is 23.0 Å². The number of ether oxygens (including phenoxy) is 1. The van der Waals surface area contributed by atoms with E-state index >= 15 is 0 Å². The van der Waals surface area contributed by atoms with Gasteiger partial charge in [-0.1, -0.05) is 0 Å². The summed E-state index contributed by atoms with van der Waals surface area (Å²) in [5, 5.41) is 7.44. The van der Waals surface area contributed by atoms with Gasteiger partial charge in [-0.3, -0.25) is 9.82 Å². The van der Waals surface area contributed by atoms with Crippen molar-refractivity contribution < 1.29 is 17.9 Å². The maximum atomic E-state index is 12.2. The number of nitrogens with zero attached hydrogens (tertiary/aromatic N) is 2. The highest BCUT2D eigenvalue weighted by atomic mass is 32.2. The number of rotatable bonds is 5. The lowest BCUT2D eigenvalue weighted by molar-refractivity contribution is 0.0522. The van der Waals surface area contributed by atoms with E-state index in [0.29, 0.717) is 5.69 Å². The van der Waals surface area contributed by atoms with Crippen molar-refractivity contribution in [1.82, 2.24) is 15.2 Å². The van der Waals surface area contributed by atoms with Crippen molar-refractivity contribution in [3.05, 3.63) is 22.8 Å². The van der Waals surface area contributed by atoms with Crippen LogP contribution in [0.4, 0.5) is 5.13 Å². The van der Waals surface area contributed by atoms with Gasteiger partial charge in [-0.25, -0.2) is 9.78 Å². The van der Waals surface area contributed by atoms with Crippen LogP contribution in [0.25, 0.3) is 0 Å². The lowest BCUT2D eigenvalue weighted by Gasteiger charge is -2.05. The maximum absolute atomic E-state index is 12.2. The first-order valence-corrected chi connectivity index (χ1v) is 7.95. The summed E-state index contributed by atoms with van der Waals surface area (Å²) in [6, 6.07) is 0. The molecule has 0 saturated carbocycles. The zero-order valence-corrected chi connectivity index (χ0v) is 12.3. The first-order valence-electron chi connectivity index (χ1n) is 5.59. The van der Waals surface area contributed by atoms with E-state index < -0.39 is 16.0 Å². The van der Waals surface area contributed by atoms with Crippen molar-refractivity contribution in [3.63, 3.8) is 0 Å². The number of hydrogen-bond donors (Lipinski definition) is 2. The second-order valence-electron chi connectivity index (χ2n) is 3.73. The van der Waals surface area contributed by atoms with Gasteiger partial charge in [0.15, 0.2) is 10.2 Å². The van der Waals surface area contributed by atoms with Crippen molar-refractivity contribution in [3.8, 4) is 0 Å². The van der Waals surface area contributed by atoms with Crippen LogP contribution in [-0.2, 0) is 14.8 Å². The van der Waals surface area contributed by atoms with Gasteiger partial charge in [0.25, 0.3) is 10.0 Å². The molecule has 0 bridgehead atoms. The summed E-state index contributed by atoms with van der Waals surface area (Å²) in [6.07, 6.45) is 1.11. The molecule has 20 heavy (non-hydrogen) atoms. The van der Waals surface area contributed by atoms with Gasteiger partial charge in [-0.2, -0.15) is 13.5 Å². The van der Waals surface area contributed by atoms with Gasteiger partial charge in [0.05, 0.1) is 18.5 Å². The Morgan fingerprint density at radius 2 is 2.30 bits per heavy atom. The number of aryl methyl sites for hydroxylation is 1. The van der Waals surface area contributed by atoms with Gasteiger partial charge in [0, 0.05) is 5.38 Å². The topological polar surface area (TPSA) is 114 Å². The van der Waals surface area contributed by atoms with E-state index in [-0.39, 0.29) is 22.3 Å². The molecule has 0 aromatic carbocycles. The number of anilines is 1. The number of thiazole rings is 1. The molecule has 0 saturated heterocycles.